The molecule has 0 aliphatic carbocycles. The van der Waals surface area contributed by atoms with Gasteiger partial charge in [0.25, 0.3) is 0 Å². The van der Waals surface area contributed by atoms with Crippen molar-refractivity contribution in [1.29, 1.82) is 0 Å². The van der Waals surface area contributed by atoms with Crippen LogP contribution < -0.4 is 0 Å². The van der Waals surface area contributed by atoms with E-state index in [0.29, 0.717) is 51.3 Å². The second kappa shape index (κ2) is 10.1. The number of halogens is 2. The number of carbonyl (C=O) groups is 2. The third-order valence-corrected chi connectivity index (χ3v) is 8.40. The third-order valence-electron chi connectivity index (χ3n) is 7.19. The van der Waals surface area contributed by atoms with Gasteiger partial charge in [-0.2, -0.15) is 0 Å². The molecule has 0 radical (unpaired) electrons. The van der Waals surface area contributed by atoms with E-state index in [1.165, 1.54) is 12.1 Å². The summed E-state index contributed by atoms with van der Waals surface area (Å²) in [5, 5.41) is 32.8. The van der Waals surface area contributed by atoms with Gasteiger partial charge in [-0.25, -0.2) is 9.59 Å². The van der Waals surface area contributed by atoms with Crippen LogP contribution in [0.3, 0.4) is 0 Å². The molecule has 3 aromatic rings. The third kappa shape index (κ3) is 4.05. The van der Waals surface area contributed by atoms with Crippen molar-refractivity contribution in [2.75, 3.05) is 0 Å². The van der Waals surface area contributed by atoms with Crippen LogP contribution in [0, 0.1) is 0 Å². The first-order chi connectivity index (χ1) is 17.6. The smallest absolute Gasteiger partial charge is 0.340 e. The van der Waals surface area contributed by atoms with E-state index in [2.05, 4.69) is 31.9 Å². The number of aromatic carboxylic acids is 1. The molecule has 0 bridgehead atoms. The Bertz CT molecular complexity index is 1380. The molecule has 0 aromatic heterocycles. The summed E-state index contributed by atoms with van der Waals surface area (Å²) < 4.78 is 7.16. The lowest BCUT2D eigenvalue weighted by molar-refractivity contribution is 0.0233. The highest BCUT2D eigenvalue weighted by Crippen LogP contribution is 2.57. The van der Waals surface area contributed by atoms with E-state index in [4.69, 9.17) is 4.74 Å². The molecule has 0 fully saturated rings. The standard InChI is InChI=1S/C29H28Br2O6/c1-5-14-12-21(30)25(32)23(17(14)7-3)29(24-18(8-4)15(6-2)13-22(31)26(24)33)20-10-9-16(27(34)35)11-19(20)28(36)37-29/h9-13,32-33H,5-8H2,1-4H3,(H,34,35). The fourth-order valence-electron chi connectivity index (χ4n) is 5.56. The molecule has 0 spiro atoms. The zero-order chi connectivity index (χ0) is 27.2. The second-order valence-corrected chi connectivity index (χ2v) is 10.7. The van der Waals surface area contributed by atoms with Crippen molar-refractivity contribution < 1.29 is 29.6 Å². The maximum absolute atomic E-state index is 13.5. The molecule has 3 N–H and O–H groups in total. The molecule has 37 heavy (non-hydrogen) atoms. The van der Waals surface area contributed by atoms with Gasteiger partial charge in [0.2, 0.25) is 0 Å². The monoisotopic (exact) mass is 630 g/mol. The van der Waals surface area contributed by atoms with Gasteiger partial charge in [-0.1, -0.05) is 33.8 Å². The van der Waals surface area contributed by atoms with Crippen molar-refractivity contribution in [2.45, 2.75) is 59.0 Å². The Balaban J connectivity index is 2.31. The average Bonchev–Trinajstić information content (AvgIpc) is 3.17. The van der Waals surface area contributed by atoms with Crippen LogP contribution in [0.25, 0.3) is 0 Å². The second-order valence-electron chi connectivity index (χ2n) is 8.99. The van der Waals surface area contributed by atoms with Crippen LogP contribution in [-0.2, 0) is 36.0 Å². The van der Waals surface area contributed by atoms with Gasteiger partial charge in [0.05, 0.1) is 31.2 Å². The van der Waals surface area contributed by atoms with Gasteiger partial charge in [-0.15, -0.1) is 0 Å². The summed E-state index contributed by atoms with van der Waals surface area (Å²) in [6.45, 7) is 7.93. The molecule has 8 heteroatoms. The van der Waals surface area contributed by atoms with Gasteiger partial charge in [-0.3, -0.25) is 0 Å². The molecular weight excluding hydrogens is 604 g/mol. The number of aromatic hydroxyl groups is 2. The van der Waals surface area contributed by atoms with Gasteiger partial charge in [0, 0.05) is 5.56 Å². The van der Waals surface area contributed by atoms with Gasteiger partial charge in [0.15, 0.2) is 5.60 Å². The lowest BCUT2D eigenvalue weighted by atomic mass is 9.72. The number of esters is 1. The first-order valence-electron chi connectivity index (χ1n) is 12.3. The van der Waals surface area contributed by atoms with Crippen molar-refractivity contribution in [3.05, 3.63) is 89.3 Å². The number of ether oxygens (including phenoxy) is 1. The summed E-state index contributed by atoms with van der Waals surface area (Å²) in [5.74, 6) is -2.10. The number of fused-ring (bicyclic) bond motifs is 1. The van der Waals surface area contributed by atoms with Crippen LogP contribution in [0.15, 0.2) is 39.3 Å². The summed E-state index contributed by atoms with van der Waals surface area (Å²) in [5.41, 5.74) is 2.91. The number of cyclic esters (lactones) is 1. The number of phenolic OH excluding ortho intramolecular Hbond substituents is 2. The fraction of sp³-hybridized carbons (Fsp3) is 0.310. The number of benzene rings is 3. The largest absolute Gasteiger partial charge is 0.506 e. The van der Waals surface area contributed by atoms with Crippen LogP contribution in [0.4, 0.5) is 0 Å². The lowest BCUT2D eigenvalue weighted by Gasteiger charge is -2.36. The maximum Gasteiger partial charge on any atom is 0.340 e. The number of carboxylic acid groups (broad SMARTS) is 1. The molecule has 3 aromatic carbocycles. The summed E-state index contributed by atoms with van der Waals surface area (Å²) >= 11 is 6.97. The number of carbonyl (C=O) groups excluding carboxylic acids is 1. The Morgan fingerprint density at radius 3 is 1.73 bits per heavy atom. The van der Waals surface area contributed by atoms with Crippen molar-refractivity contribution in [3.63, 3.8) is 0 Å². The van der Waals surface area contributed by atoms with Crippen LogP contribution in [0.5, 0.6) is 11.5 Å². The molecule has 0 unspecified atom stereocenters. The molecule has 0 saturated heterocycles. The zero-order valence-corrected chi connectivity index (χ0v) is 24.2. The minimum absolute atomic E-state index is 0.0571. The predicted molar refractivity (Wildman–Crippen MR) is 148 cm³/mol. The zero-order valence-electron chi connectivity index (χ0n) is 21.0. The van der Waals surface area contributed by atoms with E-state index in [1.54, 1.807) is 6.07 Å². The number of hydrogen-bond donors (Lipinski definition) is 3. The van der Waals surface area contributed by atoms with Gasteiger partial charge in [-0.05, 0) is 104 Å². The Hall–Kier alpha value is -2.84. The summed E-state index contributed by atoms with van der Waals surface area (Å²) in [4.78, 5) is 25.2. The molecule has 0 amide bonds. The molecule has 1 heterocycles. The highest BCUT2D eigenvalue weighted by Gasteiger charge is 2.54. The normalized spacial score (nSPS) is 13.9. The first-order valence-corrected chi connectivity index (χ1v) is 13.8. The highest BCUT2D eigenvalue weighted by molar-refractivity contribution is 9.10. The quantitative estimate of drug-likeness (QED) is 0.242. The topological polar surface area (TPSA) is 104 Å². The molecular formula is C29H28Br2O6. The Morgan fingerprint density at radius 2 is 1.32 bits per heavy atom. The van der Waals surface area contributed by atoms with Gasteiger partial charge < -0.3 is 20.1 Å². The van der Waals surface area contributed by atoms with E-state index in [1.807, 2.05) is 39.8 Å². The van der Waals surface area contributed by atoms with Crippen molar-refractivity contribution >= 4 is 43.8 Å². The van der Waals surface area contributed by atoms with Crippen molar-refractivity contribution in [3.8, 4) is 11.5 Å². The number of carboxylic acids is 1. The molecule has 0 saturated carbocycles. The van der Waals surface area contributed by atoms with Crippen molar-refractivity contribution in [1.82, 2.24) is 0 Å². The number of hydrogen-bond acceptors (Lipinski definition) is 5. The highest BCUT2D eigenvalue weighted by atomic mass is 79.9. The number of aryl methyl sites for hydroxylation is 2. The molecule has 1 aliphatic heterocycles. The van der Waals surface area contributed by atoms with E-state index in [9.17, 15) is 24.9 Å². The molecule has 1 aliphatic rings. The van der Waals surface area contributed by atoms with E-state index in [0.717, 1.165) is 22.3 Å². The molecule has 4 rings (SSSR count). The first kappa shape index (κ1) is 27.2. The Labute approximate surface area is 232 Å². The van der Waals surface area contributed by atoms with Crippen LogP contribution in [-0.4, -0.2) is 27.3 Å². The summed E-state index contributed by atoms with van der Waals surface area (Å²) in [7, 11) is 0. The van der Waals surface area contributed by atoms with E-state index >= 15 is 0 Å². The van der Waals surface area contributed by atoms with Crippen LogP contribution in [0.1, 0.15) is 87.4 Å². The SMILES string of the molecule is CCc1cc(Br)c(O)c(C2(c3c(O)c(Br)cc(CC)c3CC)OC(=O)c3cc(C(=O)O)ccc32)c1CC. The Kier molecular flexibility index (Phi) is 7.45. The molecule has 194 valence electrons. The maximum atomic E-state index is 13.5. The summed E-state index contributed by atoms with van der Waals surface area (Å²) in [6, 6.07) is 7.98. The van der Waals surface area contributed by atoms with Gasteiger partial charge >= 0.3 is 11.9 Å². The lowest BCUT2D eigenvalue weighted by Crippen LogP contribution is -2.33. The molecule has 6 nitrogen and oxygen atoms in total. The number of rotatable bonds is 7. The average molecular weight is 632 g/mol. The van der Waals surface area contributed by atoms with E-state index in [-0.39, 0.29) is 22.6 Å². The fourth-order valence-corrected chi connectivity index (χ4v) is 6.51. The Morgan fingerprint density at radius 1 is 0.838 bits per heavy atom. The van der Waals surface area contributed by atoms with Crippen LogP contribution >= 0.6 is 31.9 Å². The summed E-state index contributed by atoms with van der Waals surface area (Å²) in [6.07, 6.45) is 2.38. The van der Waals surface area contributed by atoms with E-state index < -0.39 is 17.5 Å². The minimum atomic E-state index is -1.71. The molecule has 0 atom stereocenters. The predicted octanol–water partition coefficient (Wildman–Crippen LogP) is 7.03. The van der Waals surface area contributed by atoms with Gasteiger partial charge in [0.1, 0.15) is 11.5 Å². The van der Waals surface area contributed by atoms with Crippen molar-refractivity contribution in [2.24, 2.45) is 0 Å². The number of phenols is 2. The van der Waals surface area contributed by atoms with Crippen LogP contribution in [0.2, 0.25) is 0 Å². The minimum Gasteiger partial charge on any atom is -0.506 e.